The smallest absolute Gasteiger partial charge is 0.107 e. The van der Waals surface area contributed by atoms with Crippen molar-refractivity contribution in [3.8, 4) is 0 Å². The Kier molecular flexibility index (Phi) is 3.83. The Hall–Kier alpha value is 0.100. The van der Waals surface area contributed by atoms with E-state index in [-0.39, 0.29) is 6.10 Å². The van der Waals surface area contributed by atoms with Gasteiger partial charge in [-0.1, -0.05) is 0 Å². The summed E-state index contributed by atoms with van der Waals surface area (Å²) in [5.74, 6) is 0.548. The molecule has 0 amide bonds. The zero-order valence-electron chi connectivity index (χ0n) is 8.65. The minimum atomic E-state index is -0.488. The maximum Gasteiger partial charge on any atom is 0.107 e. The van der Waals surface area contributed by atoms with Crippen LogP contribution in [0.4, 0.5) is 0 Å². The van der Waals surface area contributed by atoms with Gasteiger partial charge in [-0.3, -0.25) is 0 Å². The van der Waals surface area contributed by atoms with Crippen molar-refractivity contribution < 1.29 is 9.84 Å². The molecule has 1 aliphatic carbocycles. The fourth-order valence-corrected chi connectivity index (χ4v) is 3.34. The third-order valence-electron chi connectivity index (χ3n) is 2.72. The first-order valence-corrected chi connectivity index (χ1v) is 6.99. The van der Waals surface area contributed by atoms with Crippen LogP contribution in [0.3, 0.4) is 0 Å². The number of thiophene rings is 1. The number of hydrogen-bond acceptors (Lipinski definition) is 3. The maximum atomic E-state index is 10.2. The van der Waals surface area contributed by atoms with Gasteiger partial charge in [-0.05, 0) is 47.0 Å². The third-order valence-corrected chi connectivity index (χ3v) is 4.47. The molecule has 0 radical (unpaired) electrons. The summed E-state index contributed by atoms with van der Waals surface area (Å²) in [5, 5.41) is 14.2. The molecule has 1 fully saturated rings. The summed E-state index contributed by atoms with van der Waals surface area (Å²) < 4.78 is 6.63. The third kappa shape index (κ3) is 2.61. The molecule has 1 aliphatic rings. The van der Waals surface area contributed by atoms with Crippen molar-refractivity contribution in [2.24, 2.45) is 5.92 Å². The first kappa shape index (κ1) is 11.6. The number of aliphatic hydroxyl groups is 1. The largest absolute Gasteiger partial charge is 0.386 e. The van der Waals surface area contributed by atoms with Gasteiger partial charge in [0.1, 0.15) is 6.10 Å². The van der Waals surface area contributed by atoms with E-state index in [2.05, 4.69) is 15.9 Å². The van der Waals surface area contributed by atoms with Gasteiger partial charge < -0.3 is 9.84 Å². The number of hydrogen-bond donors (Lipinski definition) is 1. The van der Waals surface area contributed by atoms with Gasteiger partial charge in [-0.25, -0.2) is 0 Å². The van der Waals surface area contributed by atoms with Crippen LogP contribution in [-0.4, -0.2) is 17.8 Å². The highest BCUT2D eigenvalue weighted by Gasteiger charge is 2.37. The molecule has 0 spiro atoms. The van der Waals surface area contributed by atoms with Crippen molar-refractivity contribution in [3.63, 3.8) is 0 Å². The summed E-state index contributed by atoms with van der Waals surface area (Å²) in [6, 6.07) is 0. The van der Waals surface area contributed by atoms with E-state index in [9.17, 15) is 5.11 Å². The van der Waals surface area contributed by atoms with Gasteiger partial charge in [0.25, 0.3) is 0 Å². The molecule has 4 heteroatoms. The summed E-state index contributed by atoms with van der Waals surface area (Å²) >= 11 is 5.05. The van der Waals surface area contributed by atoms with Gasteiger partial charge in [0.15, 0.2) is 0 Å². The van der Waals surface area contributed by atoms with Gasteiger partial charge in [0.05, 0.1) is 6.10 Å². The molecule has 1 N–H and O–H groups in total. The van der Waals surface area contributed by atoms with Gasteiger partial charge in [0.2, 0.25) is 0 Å². The van der Waals surface area contributed by atoms with Crippen LogP contribution in [0.15, 0.2) is 15.2 Å². The highest BCUT2D eigenvalue weighted by molar-refractivity contribution is 9.10. The molecule has 1 heterocycles. The van der Waals surface area contributed by atoms with E-state index < -0.39 is 6.10 Å². The zero-order valence-corrected chi connectivity index (χ0v) is 11.1. The lowest BCUT2D eigenvalue weighted by Gasteiger charge is -2.22. The minimum absolute atomic E-state index is 0.0269. The minimum Gasteiger partial charge on any atom is -0.386 e. The zero-order chi connectivity index (χ0) is 10.8. The summed E-state index contributed by atoms with van der Waals surface area (Å²) in [5.41, 5.74) is 0.963. The Morgan fingerprint density at radius 1 is 1.60 bits per heavy atom. The van der Waals surface area contributed by atoms with Crippen molar-refractivity contribution in [2.75, 3.05) is 6.61 Å². The van der Waals surface area contributed by atoms with E-state index in [0.717, 1.165) is 10.0 Å². The molecule has 2 atom stereocenters. The van der Waals surface area contributed by atoms with Gasteiger partial charge in [-0.15, -0.1) is 0 Å². The van der Waals surface area contributed by atoms with Crippen LogP contribution in [0.2, 0.25) is 0 Å². The van der Waals surface area contributed by atoms with Crippen LogP contribution in [0, 0.1) is 5.92 Å². The molecule has 1 aromatic heterocycles. The van der Waals surface area contributed by atoms with E-state index in [1.165, 1.54) is 12.8 Å². The Bertz CT molecular complexity index is 322. The lowest BCUT2D eigenvalue weighted by Crippen LogP contribution is -2.24. The Labute approximate surface area is 102 Å². The van der Waals surface area contributed by atoms with E-state index in [1.807, 2.05) is 17.7 Å². The molecule has 0 aromatic carbocycles. The van der Waals surface area contributed by atoms with Crippen LogP contribution >= 0.6 is 27.3 Å². The number of ether oxygens (including phenoxy) is 1. The highest BCUT2D eigenvalue weighted by Crippen LogP contribution is 2.42. The second-order valence-corrected chi connectivity index (χ2v) is 5.48. The predicted molar refractivity (Wildman–Crippen MR) is 65.1 cm³/mol. The quantitative estimate of drug-likeness (QED) is 0.901. The first-order valence-electron chi connectivity index (χ1n) is 5.25. The van der Waals surface area contributed by atoms with Crippen molar-refractivity contribution in [1.82, 2.24) is 0 Å². The Morgan fingerprint density at radius 2 is 2.33 bits per heavy atom. The molecular formula is C11H15BrO2S. The average Bonchev–Trinajstić information content (AvgIpc) is 2.97. The standard InChI is InChI=1S/C11H15BrO2S/c1-2-14-11(7-3-4-7)10(13)8-5-15-6-9(8)12/h5-7,10-11,13H,2-4H2,1H3. The van der Waals surface area contributed by atoms with Gasteiger partial charge in [-0.2, -0.15) is 11.3 Å². The van der Waals surface area contributed by atoms with Crippen LogP contribution < -0.4 is 0 Å². The molecular weight excluding hydrogens is 276 g/mol. The summed E-state index contributed by atoms with van der Waals surface area (Å²) in [6.07, 6.45) is 1.85. The second kappa shape index (κ2) is 4.95. The monoisotopic (exact) mass is 290 g/mol. The number of rotatable bonds is 5. The normalized spacial score (nSPS) is 20.2. The van der Waals surface area contributed by atoms with Crippen molar-refractivity contribution in [3.05, 3.63) is 20.8 Å². The maximum absolute atomic E-state index is 10.2. The van der Waals surface area contributed by atoms with Gasteiger partial charge >= 0.3 is 0 Å². The lowest BCUT2D eigenvalue weighted by atomic mass is 10.0. The predicted octanol–water partition coefficient (Wildman–Crippen LogP) is 3.36. The molecule has 0 saturated heterocycles. The Morgan fingerprint density at radius 3 is 2.80 bits per heavy atom. The number of aliphatic hydroxyl groups excluding tert-OH is 1. The van der Waals surface area contributed by atoms with Crippen molar-refractivity contribution in [2.45, 2.75) is 32.0 Å². The summed E-state index contributed by atoms with van der Waals surface area (Å²) in [4.78, 5) is 0. The molecule has 2 nitrogen and oxygen atoms in total. The van der Waals surface area contributed by atoms with E-state index in [0.29, 0.717) is 12.5 Å². The van der Waals surface area contributed by atoms with Crippen molar-refractivity contribution in [1.29, 1.82) is 0 Å². The molecule has 0 bridgehead atoms. The van der Waals surface area contributed by atoms with E-state index in [1.54, 1.807) is 11.3 Å². The second-order valence-electron chi connectivity index (χ2n) is 3.88. The first-order chi connectivity index (χ1) is 7.24. The molecule has 1 saturated carbocycles. The summed E-state index contributed by atoms with van der Waals surface area (Å²) in [7, 11) is 0. The lowest BCUT2D eigenvalue weighted by molar-refractivity contribution is -0.0462. The fourth-order valence-electron chi connectivity index (χ4n) is 1.78. The van der Waals surface area contributed by atoms with E-state index in [4.69, 9.17) is 4.74 Å². The van der Waals surface area contributed by atoms with Crippen LogP contribution in [-0.2, 0) is 4.74 Å². The van der Waals surface area contributed by atoms with E-state index >= 15 is 0 Å². The molecule has 0 aliphatic heterocycles. The fraction of sp³-hybridized carbons (Fsp3) is 0.636. The average molecular weight is 291 g/mol. The SMILES string of the molecule is CCOC(C1CC1)C(O)c1cscc1Br. The number of halogens is 1. The topological polar surface area (TPSA) is 29.5 Å². The summed E-state index contributed by atoms with van der Waals surface area (Å²) in [6.45, 7) is 2.64. The highest BCUT2D eigenvalue weighted by atomic mass is 79.9. The molecule has 84 valence electrons. The van der Waals surface area contributed by atoms with Crippen molar-refractivity contribution >= 4 is 27.3 Å². The van der Waals surface area contributed by atoms with Crippen LogP contribution in [0.1, 0.15) is 31.4 Å². The van der Waals surface area contributed by atoms with Crippen LogP contribution in [0.5, 0.6) is 0 Å². The molecule has 2 rings (SSSR count). The Balaban J connectivity index is 2.10. The molecule has 2 unspecified atom stereocenters. The van der Waals surface area contributed by atoms with Crippen LogP contribution in [0.25, 0.3) is 0 Å². The molecule has 1 aromatic rings. The van der Waals surface area contributed by atoms with Gasteiger partial charge in [0, 0.05) is 22.0 Å². The molecule has 15 heavy (non-hydrogen) atoms.